The van der Waals surface area contributed by atoms with Crippen molar-refractivity contribution >= 4 is 110 Å². The number of hydrogen-bond acceptors (Lipinski definition) is 11. The highest BCUT2D eigenvalue weighted by molar-refractivity contribution is 6.16. The minimum Gasteiger partial charge on any atom is -0.456 e. The van der Waals surface area contributed by atoms with Crippen molar-refractivity contribution in [2.45, 2.75) is 0 Å². The minimum atomic E-state index is 0.498. The zero-order chi connectivity index (χ0) is 62.2. The first kappa shape index (κ1) is 52.6. The van der Waals surface area contributed by atoms with Crippen LogP contribution in [0.4, 0.5) is 0 Å². The van der Waals surface area contributed by atoms with E-state index in [-0.39, 0.29) is 0 Å². The average molecular weight is 1220 g/mol. The molecule has 0 amide bonds. The second-order valence-corrected chi connectivity index (χ2v) is 24.0. The molecule has 13 aromatic carbocycles. The Kier molecular flexibility index (Phi) is 11.5. The van der Waals surface area contributed by atoms with Crippen molar-refractivity contribution in [1.29, 1.82) is 0 Å². The molecule has 0 aliphatic rings. The van der Waals surface area contributed by atoms with Crippen LogP contribution in [-0.4, -0.2) is 29.9 Å². The van der Waals surface area contributed by atoms with Gasteiger partial charge in [-0.1, -0.05) is 206 Å². The van der Waals surface area contributed by atoms with Gasteiger partial charge in [0.05, 0.1) is 0 Å². The molecule has 7 heterocycles. The fourth-order valence-electron chi connectivity index (χ4n) is 14.0. The Morgan fingerprint density at radius 2 is 0.495 bits per heavy atom. The van der Waals surface area contributed by atoms with Gasteiger partial charge in [-0.3, -0.25) is 0 Å². The third-order valence-corrected chi connectivity index (χ3v) is 18.4. The van der Waals surface area contributed by atoms with E-state index in [1.165, 1.54) is 0 Å². The molecule has 11 nitrogen and oxygen atoms in total. The Balaban J connectivity index is 0.705. The molecule has 0 N–H and O–H groups in total. The molecule has 0 fully saturated rings. The lowest BCUT2D eigenvalue weighted by Gasteiger charge is -2.13. The van der Waals surface area contributed by atoms with Crippen LogP contribution < -0.4 is 0 Å². The van der Waals surface area contributed by atoms with Gasteiger partial charge in [0.15, 0.2) is 34.9 Å². The van der Waals surface area contributed by atoms with Gasteiger partial charge >= 0.3 is 0 Å². The summed E-state index contributed by atoms with van der Waals surface area (Å²) in [7, 11) is 0. The number of fused-ring (bicyclic) bond motifs is 15. The van der Waals surface area contributed by atoms with Crippen LogP contribution in [0.25, 0.3) is 211 Å². The third-order valence-electron chi connectivity index (χ3n) is 18.4. The smallest absolute Gasteiger partial charge is 0.164 e. The first-order chi connectivity index (χ1) is 47.0. The molecule has 20 rings (SSSR count). The molecule has 442 valence electrons. The molecule has 0 bridgehead atoms. The van der Waals surface area contributed by atoms with E-state index in [1.807, 2.05) is 140 Å². The predicted molar refractivity (Wildman–Crippen MR) is 379 cm³/mol. The maximum absolute atomic E-state index is 6.81. The fourth-order valence-corrected chi connectivity index (χ4v) is 14.0. The van der Waals surface area contributed by atoms with Gasteiger partial charge in [0.2, 0.25) is 0 Å². The molecule has 20 aromatic rings. The van der Waals surface area contributed by atoms with E-state index in [1.54, 1.807) is 0 Å². The van der Waals surface area contributed by atoms with Crippen molar-refractivity contribution in [2.75, 3.05) is 0 Å². The van der Waals surface area contributed by atoms with E-state index in [0.717, 1.165) is 171 Å². The zero-order valence-electron chi connectivity index (χ0n) is 50.3. The van der Waals surface area contributed by atoms with E-state index in [0.29, 0.717) is 40.5 Å². The van der Waals surface area contributed by atoms with Crippen LogP contribution in [0.3, 0.4) is 0 Å². The number of nitrogens with zero attached hydrogens (tertiary/aromatic N) is 6. The topological polar surface area (TPSA) is 143 Å². The number of furan rings is 5. The van der Waals surface area contributed by atoms with Crippen molar-refractivity contribution in [2.24, 2.45) is 0 Å². The van der Waals surface area contributed by atoms with Crippen LogP contribution in [0.1, 0.15) is 0 Å². The first-order valence-electron chi connectivity index (χ1n) is 31.5. The molecule has 0 saturated carbocycles. The Morgan fingerprint density at radius 3 is 0.989 bits per heavy atom. The molecule has 95 heavy (non-hydrogen) atoms. The zero-order valence-corrected chi connectivity index (χ0v) is 50.3. The van der Waals surface area contributed by atoms with Crippen LogP contribution in [0.2, 0.25) is 0 Å². The van der Waals surface area contributed by atoms with Crippen LogP contribution in [-0.2, 0) is 0 Å². The van der Waals surface area contributed by atoms with E-state index < -0.39 is 0 Å². The van der Waals surface area contributed by atoms with Crippen molar-refractivity contribution in [3.8, 4) is 102 Å². The number of hydrogen-bond donors (Lipinski definition) is 0. The molecule has 0 spiro atoms. The molecule has 0 radical (unpaired) electrons. The molecule has 0 aliphatic carbocycles. The van der Waals surface area contributed by atoms with Gasteiger partial charge in [-0.15, -0.1) is 0 Å². The summed E-state index contributed by atoms with van der Waals surface area (Å²) in [6, 6.07) is 94.6. The van der Waals surface area contributed by atoms with Crippen molar-refractivity contribution in [3.63, 3.8) is 0 Å². The molecule has 7 aromatic heterocycles. The Morgan fingerprint density at radius 1 is 0.168 bits per heavy atom. The van der Waals surface area contributed by atoms with Crippen molar-refractivity contribution in [1.82, 2.24) is 29.9 Å². The Bertz CT molecular complexity index is 6290. The second-order valence-electron chi connectivity index (χ2n) is 24.0. The summed E-state index contributed by atoms with van der Waals surface area (Å²) in [5, 5.41) is 9.83. The molecular weight excluding hydrogens is 1170 g/mol. The first-order valence-corrected chi connectivity index (χ1v) is 31.5. The predicted octanol–water partition coefficient (Wildman–Crippen LogP) is 22.6. The quantitative estimate of drug-likeness (QED) is 0.136. The van der Waals surface area contributed by atoms with Crippen molar-refractivity contribution < 1.29 is 22.1 Å². The maximum Gasteiger partial charge on any atom is 0.164 e. The lowest BCUT2D eigenvalue weighted by molar-refractivity contribution is 0.668. The normalized spacial score (nSPS) is 12.0. The van der Waals surface area contributed by atoms with E-state index in [2.05, 4.69) is 140 Å². The van der Waals surface area contributed by atoms with Crippen LogP contribution >= 0.6 is 0 Å². The molecule has 11 heteroatoms. The number of rotatable bonds is 9. The van der Waals surface area contributed by atoms with Crippen LogP contribution in [0, 0.1) is 0 Å². The van der Waals surface area contributed by atoms with Gasteiger partial charge in [-0.25, -0.2) is 29.9 Å². The molecule has 0 atom stereocenters. The largest absolute Gasteiger partial charge is 0.456 e. The lowest BCUT2D eigenvalue weighted by atomic mass is 9.94. The number of para-hydroxylation sites is 6. The van der Waals surface area contributed by atoms with Gasteiger partial charge in [0.25, 0.3) is 0 Å². The summed E-state index contributed by atoms with van der Waals surface area (Å²) in [6.07, 6.45) is 0. The highest BCUT2D eigenvalue weighted by Crippen LogP contribution is 2.45. The summed E-state index contributed by atoms with van der Waals surface area (Å²) in [5.41, 5.74) is 18.4. The van der Waals surface area contributed by atoms with Crippen LogP contribution in [0.15, 0.2) is 301 Å². The lowest BCUT2D eigenvalue weighted by Crippen LogP contribution is -2.01. The van der Waals surface area contributed by atoms with E-state index in [9.17, 15) is 0 Å². The highest BCUT2D eigenvalue weighted by Gasteiger charge is 2.25. The monoisotopic (exact) mass is 1220 g/mol. The maximum atomic E-state index is 6.81. The van der Waals surface area contributed by atoms with Gasteiger partial charge in [-0.05, 0) is 95.1 Å². The third kappa shape index (κ3) is 8.46. The fraction of sp³-hybridized carbons (Fsp3) is 0. The summed E-state index contributed by atoms with van der Waals surface area (Å²) in [4.78, 5) is 31.9. The van der Waals surface area contributed by atoms with Crippen LogP contribution in [0.5, 0.6) is 0 Å². The van der Waals surface area contributed by atoms with Gasteiger partial charge in [-0.2, -0.15) is 0 Å². The van der Waals surface area contributed by atoms with Crippen molar-refractivity contribution in [3.05, 3.63) is 279 Å². The van der Waals surface area contributed by atoms with E-state index >= 15 is 0 Å². The number of benzene rings is 13. The summed E-state index contributed by atoms with van der Waals surface area (Å²) >= 11 is 0. The summed E-state index contributed by atoms with van der Waals surface area (Å²) in [5.74, 6) is 3.11. The van der Waals surface area contributed by atoms with E-state index in [4.69, 9.17) is 52.0 Å². The second kappa shape index (κ2) is 20.7. The number of aromatic nitrogens is 6. The average Bonchev–Trinajstić information content (AvgIpc) is 1.67. The highest BCUT2D eigenvalue weighted by atomic mass is 16.3. The molecular formula is C84H46N6O5. The molecule has 0 saturated heterocycles. The van der Waals surface area contributed by atoms with Gasteiger partial charge in [0.1, 0.15) is 55.8 Å². The van der Waals surface area contributed by atoms with Gasteiger partial charge in [0, 0.05) is 98.4 Å². The summed E-state index contributed by atoms with van der Waals surface area (Å²) in [6.45, 7) is 0. The van der Waals surface area contributed by atoms with Gasteiger partial charge < -0.3 is 22.1 Å². The SMILES string of the molecule is c1ccc(-c2nc(-c3ccc(-c4ccc5c(c4)oc4cccc(-c6nc(-c7cccc8oc9ccccc9c78)nc(-c7cccc8oc9ccccc9c78)n6)c45)cc3)nc(-c3cc(-c4cccc5c4oc4ccccc45)cc(-c4cccc5c4oc4ccccc45)c3)n2)cc1. The minimum absolute atomic E-state index is 0.498. The Labute approximate surface area is 539 Å². The molecule has 0 unspecified atom stereocenters. The Hall–Kier alpha value is -13.1. The summed E-state index contributed by atoms with van der Waals surface area (Å²) < 4.78 is 33.0. The standard InChI is InChI=1S/C84H46N6O5/c1-2-17-48(18-3-1)79-85-80(87-81(86-79)53-44-51(54-23-12-25-58-56-19-4-8-30-66(56)94-77(54)58)43-52(45-53)55-24-13-26-59-57-20-5-9-31-67(57)95-78(55)59)49-39-37-47(38-40-49)50-41-42-62-73(46-50)93-72-36-16-29-65(76(62)72)84-89-82(63-27-14-34-70-74(63)60-21-6-10-32-68(60)91-70)88-83(90-84)64-28-15-35-71-75(64)61-22-7-11-33-69(61)92-71/h1-46H. The molecule has 0 aliphatic heterocycles.